The van der Waals surface area contributed by atoms with E-state index in [0.717, 1.165) is 23.7 Å². The van der Waals surface area contributed by atoms with Crippen molar-refractivity contribution in [1.29, 1.82) is 0 Å². The van der Waals surface area contributed by atoms with Crippen LogP contribution in [0.15, 0.2) is 24.3 Å². The van der Waals surface area contributed by atoms with Crippen LogP contribution in [0, 0.1) is 0 Å². The molecule has 0 aliphatic heterocycles. The zero-order chi connectivity index (χ0) is 10.4. The summed E-state index contributed by atoms with van der Waals surface area (Å²) in [5.74, 6) is 1.94. The first-order chi connectivity index (χ1) is 6.74. The fraction of sp³-hybridized carbons (Fsp3) is 0.455. The molecule has 78 valence electrons. The van der Waals surface area contributed by atoms with E-state index in [2.05, 4.69) is 6.26 Å². The molecule has 0 aliphatic carbocycles. The lowest BCUT2D eigenvalue weighted by Gasteiger charge is -2.08. The average Bonchev–Trinajstić information content (AvgIpc) is 2.19. The Morgan fingerprint density at radius 2 is 2.00 bits per heavy atom. The maximum Gasteiger partial charge on any atom is 0.119 e. The SMILES string of the molecule is CSCCOc1ccc([C@@H](C)N)cc1. The Morgan fingerprint density at radius 3 is 2.50 bits per heavy atom. The van der Waals surface area contributed by atoms with Crippen molar-refractivity contribution < 1.29 is 4.74 Å². The molecule has 1 aromatic carbocycles. The maximum atomic E-state index is 5.74. The summed E-state index contributed by atoms with van der Waals surface area (Å²) in [7, 11) is 0. The number of benzene rings is 1. The van der Waals surface area contributed by atoms with Crippen LogP contribution in [0.3, 0.4) is 0 Å². The molecular weight excluding hydrogens is 194 g/mol. The van der Waals surface area contributed by atoms with Crippen molar-refractivity contribution >= 4 is 11.8 Å². The topological polar surface area (TPSA) is 35.2 Å². The highest BCUT2D eigenvalue weighted by Crippen LogP contribution is 2.16. The second-order valence-corrected chi connectivity index (χ2v) is 4.18. The van der Waals surface area contributed by atoms with Gasteiger partial charge in [0.05, 0.1) is 6.61 Å². The van der Waals surface area contributed by atoms with E-state index in [9.17, 15) is 0 Å². The van der Waals surface area contributed by atoms with E-state index in [4.69, 9.17) is 10.5 Å². The van der Waals surface area contributed by atoms with E-state index in [0.29, 0.717) is 0 Å². The first-order valence-electron chi connectivity index (χ1n) is 4.71. The van der Waals surface area contributed by atoms with Gasteiger partial charge in [0.15, 0.2) is 0 Å². The van der Waals surface area contributed by atoms with Crippen molar-refractivity contribution in [3.63, 3.8) is 0 Å². The quantitative estimate of drug-likeness (QED) is 0.760. The highest BCUT2D eigenvalue weighted by atomic mass is 32.2. The Morgan fingerprint density at radius 1 is 1.36 bits per heavy atom. The Kier molecular flexibility index (Phi) is 4.84. The van der Waals surface area contributed by atoms with Crippen molar-refractivity contribution in [3.05, 3.63) is 29.8 Å². The van der Waals surface area contributed by atoms with E-state index in [1.165, 1.54) is 0 Å². The Hall–Kier alpha value is -0.670. The third kappa shape index (κ3) is 3.60. The van der Waals surface area contributed by atoms with Gasteiger partial charge in [-0.1, -0.05) is 12.1 Å². The van der Waals surface area contributed by atoms with Crippen LogP contribution in [0.4, 0.5) is 0 Å². The molecule has 0 aromatic heterocycles. The number of nitrogens with two attached hydrogens (primary N) is 1. The molecule has 2 N–H and O–H groups in total. The van der Waals surface area contributed by atoms with Gasteiger partial charge in [-0.15, -0.1) is 0 Å². The highest BCUT2D eigenvalue weighted by molar-refractivity contribution is 7.98. The first kappa shape index (κ1) is 11.4. The van der Waals surface area contributed by atoms with Crippen molar-refractivity contribution in [2.45, 2.75) is 13.0 Å². The lowest BCUT2D eigenvalue weighted by molar-refractivity contribution is 0.344. The average molecular weight is 211 g/mol. The molecule has 1 rings (SSSR count). The summed E-state index contributed by atoms with van der Waals surface area (Å²) >= 11 is 1.78. The van der Waals surface area contributed by atoms with Crippen molar-refractivity contribution in [3.8, 4) is 5.75 Å². The Labute approximate surface area is 89.8 Å². The van der Waals surface area contributed by atoms with Gasteiger partial charge < -0.3 is 10.5 Å². The molecule has 1 aromatic rings. The highest BCUT2D eigenvalue weighted by Gasteiger charge is 1.98. The minimum Gasteiger partial charge on any atom is -0.493 e. The van der Waals surface area contributed by atoms with Gasteiger partial charge in [-0.2, -0.15) is 11.8 Å². The summed E-state index contributed by atoms with van der Waals surface area (Å²) in [4.78, 5) is 0. The van der Waals surface area contributed by atoms with Gasteiger partial charge in [-0.25, -0.2) is 0 Å². The minimum atomic E-state index is 0.0928. The van der Waals surface area contributed by atoms with Crippen LogP contribution in [-0.4, -0.2) is 18.6 Å². The number of ether oxygens (including phenoxy) is 1. The van der Waals surface area contributed by atoms with Crippen LogP contribution >= 0.6 is 11.8 Å². The van der Waals surface area contributed by atoms with Crippen LogP contribution < -0.4 is 10.5 Å². The molecule has 0 bridgehead atoms. The van der Waals surface area contributed by atoms with Crippen LogP contribution in [0.25, 0.3) is 0 Å². The molecule has 0 aliphatic rings. The molecule has 1 atom stereocenters. The molecule has 0 radical (unpaired) electrons. The molecule has 0 unspecified atom stereocenters. The van der Waals surface area contributed by atoms with E-state index in [-0.39, 0.29) is 6.04 Å². The number of thioether (sulfide) groups is 1. The largest absolute Gasteiger partial charge is 0.493 e. The molecule has 0 fully saturated rings. The number of hydrogen-bond donors (Lipinski definition) is 1. The van der Waals surface area contributed by atoms with E-state index < -0.39 is 0 Å². The Balaban J connectivity index is 2.47. The maximum absolute atomic E-state index is 5.74. The fourth-order valence-corrected chi connectivity index (χ4v) is 1.36. The Bertz CT molecular complexity index is 258. The molecular formula is C11H17NOS. The van der Waals surface area contributed by atoms with E-state index in [1.54, 1.807) is 11.8 Å². The van der Waals surface area contributed by atoms with Crippen LogP contribution in [0.5, 0.6) is 5.75 Å². The van der Waals surface area contributed by atoms with Gasteiger partial charge >= 0.3 is 0 Å². The standard InChI is InChI=1S/C11H17NOS/c1-9(12)10-3-5-11(6-4-10)13-7-8-14-2/h3-6,9H,7-8,12H2,1-2H3/t9-/m1/s1. The van der Waals surface area contributed by atoms with Gasteiger partial charge in [0.2, 0.25) is 0 Å². The molecule has 14 heavy (non-hydrogen) atoms. The third-order valence-electron chi connectivity index (χ3n) is 1.96. The molecule has 0 heterocycles. The van der Waals surface area contributed by atoms with Crippen molar-refractivity contribution in [1.82, 2.24) is 0 Å². The molecule has 0 saturated heterocycles. The molecule has 0 spiro atoms. The summed E-state index contributed by atoms with van der Waals surface area (Å²) < 4.78 is 5.52. The lowest BCUT2D eigenvalue weighted by Crippen LogP contribution is -2.05. The van der Waals surface area contributed by atoms with Gasteiger partial charge in [0.25, 0.3) is 0 Å². The van der Waals surface area contributed by atoms with E-state index >= 15 is 0 Å². The molecule has 2 nitrogen and oxygen atoms in total. The van der Waals surface area contributed by atoms with E-state index in [1.807, 2.05) is 31.2 Å². The normalized spacial score (nSPS) is 12.5. The molecule has 0 saturated carbocycles. The lowest BCUT2D eigenvalue weighted by atomic mass is 10.1. The zero-order valence-corrected chi connectivity index (χ0v) is 9.51. The van der Waals surface area contributed by atoms with Crippen LogP contribution in [0.2, 0.25) is 0 Å². The molecule has 3 heteroatoms. The first-order valence-corrected chi connectivity index (χ1v) is 6.10. The minimum absolute atomic E-state index is 0.0928. The second-order valence-electron chi connectivity index (χ2n) is 3.20. The summed E-state index contributed by atoms with van der Waals surface area (Å²) in [6.07, 6.45) is 2.07. The van der Waals surface area contributed by atoms with Crippen molar-refractivity contribution in [2.75, 3.05) is 18.6 Å². The smallest absolute Gasteiger partial charge is 0.119 e. The van der Waals surface area contributed by atoms with Crippen LogP contribution in [0.1, 0.15) is 18.5 Å². The summed E-state index contributed by atoms with van der Waals surface area (Å²) in [5.41, 5.74) is 6.88. The van der Waals surface area contributed by atoms with Crippen LogP contribution in [-0.2, 0) is 0 Å². The van der Waals surface area contributed by atoms with Gasteiger partial charge in [0.1, 0.15) is 5.75 Å². The monoisotopic (exact) mass is 211 g/mol. The summed E-state index contributed by atoms with van der Waals surface area (Å²) in [5, 5.41) is 0. The van der Waals surface area contributed by atoms with Crippen molar-refractivity contribution in [2.24, 2.45) is 5.73 Å². The van der Waals surface area contributed by atoms with Gasteiger partial charge in [0, 0.05) is 11.8 Å². The zero-order valence-electron chi connectivity index (χ0n) is 8.69. The predicted octanol–water partition coefficient (Wildman–Crippen LogP) is 2.45. The number of hydrogen-bond acceptors (Lipinski definition) is 3. The third-order valence-corrected chi connectivity index (χ3v) is 2.54. The summed E-state index contributed by atoms with van der Waals surface area (Å²) in [6, 6.07) is 8.06. The van der Waals surface area contributed by atoms with Gasteiger partial charge in [-0.05, 0) is 30.9 Å². The van der Waals surface area contributed by atoms with Gasteiger partial charge in [-0.3, -0.25) is 0 Å². The second kappa shape index (κ2) is 5.94. The fourth-order valence-electron chi connectivity index (χ4n) is 1.11. The number of rotatable bonds is 5. The predicted molar refractivity (Wildman–Crippen MR) is 62.9 cm³/mol. The summed E-state index contributed by atoms with van der Waals surface area (Å²) in [6.45, 7) is 2.74. The molecule has 0 amide bonds.